The second-order valence-electron chi connectivity index (χ2n) is 5.96. The molecule has 3 heterocycles. The number of fused-ring (bicyclic) bond motifs is 1. The second kappa shape index (κ2) is 6.45. The third-order valence-corrected chi connectivity index (χ3v) is 4.16. The summed E-state index contributed by atoms with van der Waals surface area (Å²) < 4.78 is 7.37. The van der Waals surface area contributed by atoms with Crippen molar-refractivity contribution in [2.75, 3.05) is 18.5 Å². The Bertz CT molecular complexity index is 825. The molecule has 1 fully saturated rings. The summed E-state index contributed by atoms with van der Waals surface area (Å²) >= 11 is 0. The van der Waals surface area contributed by atoms with Crippen molar-refractivity contribution < 1.29 is 9.84 Å². The van der Waals surface area contributed by atoms with Crippen LogP contribution in [0.15, 0.2) is 36.4 Å². The first kappa shape index (κ1) is 14.9. The average molecular weight is 325 g/mol. The van der Waals surface area contributed by atoms with Gasteiger partial charge in [0.25, 0.3) is 0 Å². The zero-order chi connectivity index (χ0) is 16.4. The molecule has 2 aromatic heterocycles. The number of nitrogens with one attached hydrogen (secondary N) is 1. The van der Waals surface area contributed by atoms with Gasteiger partial charge in [0, 0.05) is 19.6 Å². The van der Waals surface area contributed by atoms with Crippen molar-refractivity contribution in [1.82, 2.24) is 19.8 Å². The van der Waals surface area contributed by atoms with E-state index in [2.05, 4.69) is 20.6 Å². The zero-order valence-electron chi connectivity index (χ0n) is 13.2. The van der Waals surface area contributed by atoms with Crippen LogP contribution in [0, 0.1) is 0 Å². The van der Waals surface area contributed by atoms with E-state index in [0.717, 1.165) is 43.2 Å². The van der Waals surface area contributed by atoms with Gasteiger partial charge in [0.05, 0.1) is 6.10 Å². The smallest absolute Gasteiger partial charge is 0.178 e. The average Bonchev–Trinajstić information content (AvgIpc) is 3.25. The number of benzene rings is 1. The summed E-state index contributed by atoms with van der Waals surface area (Å²) in [5.74, 6) is 1.80. The molecule has 1 aliphatic heterocycles. The van der Waals surface area contributed by atoms with Crippen LogP contribution < -0.4 is 5.32 Å². The number of rotatable bonds is 5. The molecule has 2 N–H and O–H groups in total. The van der Waals surface area contributed by atoms with E-state index in [4.69, 9.17) is 4.74 Å². The maximum absolute atomic E-state index is 9.38. The Morgan fingerprint density at radius 2 is 2.04 bits per heavy atom. The molecular weight excluding hydrogens is 306 g/mol. The van der Waals surface area contributed by atoms with Crippen LogP contribution in [0.4, 0.5) is 5.82 Å². The summed E-state index contributed by atoms with van der Waals surface area (Å²) in [5.41, 5.74) is 1.76. The number of aromatic hydroxyl groups is 1. The van der Waals surface area contributed by atoms with Gasteiger partial charge >= 0.3 is 0 Å². The second-order valence-corrected chi connectivity index (χ2v) is 5.96. The van der Waals surface area contributed by atoms with Gasteiger partial charge in [-0.3, -0.25) is 0 Å². The monoisotopic (exact) mass is 325 g/mol. The van der Waals surface area contributed by atoms with E-state index >= 15 is 0 Å². The molecule has 1 atom stereocenters. The number of hydrogen-bond acceptors (Lipinski definition) is 6. The molecule has 7 nitrogen and oxygen atoms in total. The highest BCUT2D eigenvalue weighted by Crippen LogP contribution is 2.15. The lowest BCUT2D eigenvalue weighted by atomic mass is 10.1. The predicted octanol–water partition coefficient (Wildman–Crippen LogP) is 2.01. The van der Waals surface area contributed by atoms with Crippen LogP contribution in [-0.4, -0.2) is 44.2 Å². The highest BCUT2D eigenvalue weighted by molar-refractivity contribution is 5.44. The molecule has 0 aliphatic carbocycles. The largest absolute Gasteiger partial charge is 0.508 e. The summed E-state index contributed by atoms with van der Waals surface area (Å²) in [6, 6.07) is 10.9. The van der Waals surface area contributed by atoms with Crippen molar-refractivity contribution in [3.63, 3.8) is 0 Å². The molecule has 0 bridgehead atoms. The first-order chi connectivity index (χ1) is 11.8. The van der Waals surface area contributed by atoms with Gasteiger partial charge in [-0.2, -0.15) is 4.52 Å². The van der Waals surface area contributed by atoms with Crippen molar-refractivity contribution in [2.24, 2.45) is 0 Å². The molecule has 1 unspecified atom stereocenters. The summed E-state index contributed by atoms with van der Waals surface area (Å²) in [6.07, 6.45) is 3.08. The summed E-state index contributed by atoms with van der Waals surface area (Å²) in [7, 11) is 0. The van der Waals surface area contributed by atoms with Gasteiger partial charge in [0.15, 0.2) is 11.5 Å². The van der Waals surface area contributed by atoms with Crippen LogP contribution in [0.2, 0.25) is 0 Å². The Hall–Kier alpha value is -2.67. The quantitative estimate of drug-likeness (QED) is 0.746. The summed E-state index contributed by atoms with van der Waals surface area (Å²) in [4.78, 5) is 0. The number of anilines is 1. The van der Waals surface area contributed by atoms with Crippen LogP contribution in [0.5, 0.6) is 5.75 Å². The number of hydrogen-bond donors (Lipinski definition) is 2. The number of phenolic OH excluding ortho intramolecular Hbond substituents is 1. The van der Waals surface area contributed by atoms with E-state index in [1.165, 1.54) is 0 Å². The Labute approximate surface area is 139 Å². The molecule has 3 aromatic rings. The lowest BCUT2D eigenvalue weighted by molar-refractivity contribution is 0.120. The normalized spacial score (nSPS) is 17.4. The highest BCUT2D eigenvalue weighted by atomic mass is 16.5. The van der Waals surface area contributed by atoms with E-state index in [-0.39, 0.29) is 11.9 Å². The van der Waals surface area contributed by atoms with Crippen LogP contribution in [0.3, 0.4) is 0 Å². The third-order valence-electron chi connectivity index (χ3n) is 4.16. The maximum atomic E-state index is 9.38. The van der Waals surface area contributed by atoms with Gasteiger partial charge in [-0.15, -0.1) is 15.3 Å². The van der Waals surface area contributed by atoms with Gasteiger partial charge in [-0.1, -0.05) is 12.1 Å². The first-order valence-corrected chi connectivity index (χ1v) is 8.13. The van der Waals surface area contributed by atoms with Crippen molar-refractivity contribution in [3.05, 3.63) is 47.8 Å². The predicted molar refractivity (Wildman–Crippen MR) is 89.2 cm³/mol. The fourth-order valence-corrected chi connectivity index (χ4v) is 2.86. The minimum Gasteiger partial charge on any atom is -0.508 e. The lowest BCUT2D eigenvalue weighted by Crippen LogP contribution is -2.19. The van der Waals surface area contributed by atoms with E-state index in [0.29, 0.717) is 12.1 Å². The van der Waals surface area contributed by atoms with Gasteiger partial charge in [-0.25, -0.2) is 0 Å². The molecule has 1 saturated heterocycles. The molecule has 0 amide bonds. The maximum Gasteiger partial charge on any atom is 0.178 e. The van der Waals surface area contributed by atoms with Crippen LogP contribution in [0.1, 0.15) is 24.2 Å². The molecule has 7 heteroatoms. The van der Waals surface area contributed by atoms with E-state index < -0.39 is 0 Å². The van der Waals surface area contributed by atoms with Gasteiger partial charge in [-0.05, 0) is 42.7 Å². The Kier molecular flexibility index (Phi) is 4.00. The molecule has 4 rings (SSSR count). The van der Waals surface area contributed by atoms with Crippen LogP contribution in [0.25, 0.3) is 5.65 Å². The van der Waals surface area contributed by atoms with Gasteiger partial charge < -0.3 is 15.2 Å². The number of ether oxygens (including phenoxy) is 1. The summed E-state index contributed by atoms with van der Waals surface area (Å²) in [6.45, 7) is 1.61. The Morgan fingerprint density at radius 3 is 2.83 bits per heavy atom. The Morgan fingerprint density at radius 1 is 1.17 bits per heavy atom. The fourth-order valence-electron chi connectivity index (χ4n) is 2.86. The topological polar surface area (TPSA) is 84.6 Å². The standard InChI is InChI=1S/C17H19N5O2/c23-13-5-3-12(4-6-13)10-17-20-19-16-8-7-15(21-22(16)17)18-11-14-2-1-9-24-14/h3-8,14,23H,1-2,9-11H2,(H,18,21). The van der Waals surface area contributed by atoms with Gasteiger partial charge in [0.2, 0.25) is 0 Å². The van der Waals surface area contributed by atoms with Crippen LogP contribution in [-0.2, 0) is 11.2 Å². The van der Waals surface area contributed by atoms with E-state index in [1.807, 2.05) is 24.3 Å². The van der Waals surface area contributed by atoms with Crippen molar-refractivity contribution in [3.8, 4) is 5.75 Å². The molecular formula is C17H19N5O2. The number of nitrogens with zero attached hydrogens (tertiary/aromatic N) is 4. The molecule has 1 aliphatic rings. The molecule has 1 aromatic carbocycles. The molecule has 0 saturated carbocycles. The Balaban J connectivity index is 1.52. The van der Waals surface area contributed by atoms with E-state index in [1.54, 1.807) is 16.6 Å². The minimum absolute atomic E-state index is 0.253. The molecule has 0 spiro atoms. The lowest BCUT2D eigenvalue weighted by Gasteiger charge is -2.11. The summed E-state index contributed by atoms with van der Waals surface area (Å²) in [5, 5.41) is 25.7. The molecule has 0 radical (unpaired) electrons. The van der Waals surface area contributed by atoms with Crippen molar-refractivity contribution in [1.29, 1.82) is 0 Å². The fraction of sp³-hybridized carbons (Fsp3) is 0.353. The van der Waals surface area contributed by atoms with Crippen molar-refractivity contribution in [2.45, 2.75) is 25.4 Å². The SMILES string of the molecule is Oc1ccc(Cc2nnc3ccc(NCC4CCCO4)nn23)cc1. The van der Waals surface area contributed by atoms with Crippen molar-refractivity contribution >= 4 is 11.5 Å². The molecule has 124 valence electrons. The minimum atomic E-state index is 0.253. The zero-order valence-corrected chi connectivity index (χ0v) is 13.2. The third kappa shape index (κ3) is 3.16. The number of phenols is 1. The number of aromatic nitrogens is 4. The van der Waals surface area contributed by atoms with Crippen LogP contribution >= 0.6 is 0 Å². The first-order valence-electron chi connectivity index (χ1n) is 8.13. The highest BCUT2D eigenvalue weighted by Gasteiger charge is 2.15. The molecule has 24 heavy (non-hydrogen) atoms. The van der Waals surface area contributed by atoms with Gasteiger partial charge in [0.1, 0.15) is 11.6 Å². The van der Waals surface area contributed by atoms with E-state index in [9.17, 15) is 5.11 Å².